The summed E-state index contributed by atoms with van der Waals surface area (Å²) in [6.45, 7) is 3.66. The van der Waals surface area contributed by atoms with Crippen LogP contribution < -0.4 is 11.1 Å². The molecule has 3 N–H and O–H groups in total. The lowest BCUT2D eigenvalue weighted by Crippen LogP contribution is -2.16. The van der Waals surface area contributed by atoms with Crippen molar-refractivity contribution in [1.82, 2.24) is 5.32 Å². The summed E-state index contributed by atoms with van der Waals surface area (Å²) in [5.74, 6) is -0.238. The van der Waals surface area contributed by atoms with E-state index >= 15 is 0 Å². The van der Waals surface area contributed by atoms with Gasteiger partial charge in [0.2, 0.25) is 5.91 Å². The van der Waals surface area contributed by atoms with Crippen molar-refractivity contribution in [1.29, 1.82) is 5.26 Å². The van der Waals surface area contributed by atoms with Gasteiger partial charge in [-0.2, -0.15) is 5.26 Å². The van der Waals surface area contributed by atoms with Crippen LogP contribution in [-0.2, 0) is 11.3 Å². The molecule has 4 nitrogen and oxygen atoms in total. The first-order valence-electron chi connectivity index (χ1n) is 6.12. The van der Waals surface area contributed by atoms with Gasteiger partial charge in [0.25, 0.3) is 0 Å². The van der Waals surface area contributed by atoms with Gasteiger partial charge in [0, 0.05) is 13.0 Å². The van der Waals surface area contributed by atoms with Crippen molar-refractivity contribution < 1.29 is 4.79 Å². The second kappa shape index (κ2) is 7.46. The maximum absolute atomic E-state index is 10.5. The van der Waals surface area contributed by atoms with Crippen LogP contribution in [0.3, 0.4) is 0 Å². The fourth-order valence-corrected chi connectivity index (χ4v) is 1.74. The second-order valence-corrected chi connectivity index (χ2v) is 4.35. The Bertz CT molecular complexity index is 449. The Morgan fingerprint density at radius 1 is 1.44 bits per heavy atom. The number of aryl methyl sites for hydroxylation is 1. The lowest BCUT2D eigenvalue weighted by molar-refractivity contribution is -0.118. The zero-order valence-electron chi connectivity index (χ0n) is 10.7. The van der Waals surface area contributed by atoms with E-state index in [2.05, 4.69) is 11.4 Å². The van der Waals surface area contributed by atoms with E-state index in [1.807, 2.05) is 25.1 Å². The minimum atomic E-state index is -0.238. The van der Waals surface area contributed by atoms with Crippen molar-refractivity contribution in [3.05, 3.63) is 34.9 Å². The number of carbonyl (C=O) groups excluding carboxylic acids is 1. The van der Waals surface area contributed by atoms with Crippen molar-refractivity contribution in [2.75, 3.05) is 6.54 Å². The van der Waals surface area contributed by atoms with E-state index < -0.39 is 0 Å². The van der Waals surface area contributed by atoms with Gasteiger partial charge in [0.05, 0.1) is 11.6 Å². The lowest BCUT2D eigenvalue weighted by Gasteiger charge is -2.07. The smallest absolute Gasteiger partial charge is 0.217 e. The number of unbranched alkanes of at least 4 members (excludes halogenated alkanes) is 1. The van der Waals surface area contributed by atoms with E-state index in [-0.39, 0.29) is 5.91 Å². The number of hydrogen-bond donors (Lipinski definition) is 2. The molecule has 0 aliphatic heterocycles. The number of benzene rings is 1. The molecule has 0 aliphatic carbocycles. The summed E-state index contributed by atoms with van der Waals surface area (Å²) in [6, 6.07) is 7.83. The Hall–Kier alpha value is -1.86. The van der Waals surface area contributed by atoms with Crippen molar-refractivity contribution in [2.24, 2.45) is 5.73 Å². The fraction of sp³-hybridized carbons (Fsp3) is 0.429. The molecule has 0 heterocycles. The molecule has 0 fully saturated rings. The van der Waals surface area contributed by atoms with E-state index in [0.717, 1.165) is 31.5 Å². The Morgan fingerprint density at radius 2 is 2.22 bits per heavy atom. The first-order valence-corrected chi connectivity index (χ1v) is 6.12. The van der Waals surface area contributed by atoms with E-state index in [9.17, 15) is 4.79 Å². The van der Waals surface area contributed by atoms with E-state index in [1.165, 1.54) is 5.56 Å². The molecule has 0 aliphatic rings. The minimum Gasteiger partial charge on any atom is -0.370 e. The van der Waals surface area contributed by atoms with E-state index in [0.29, 0.717) is 12.0 Å². The highest BCUT2D eigenvalue weighted by molar-refractivity contribution is 5.73. The molecule has 0 aromatic heterocycles. The van der Waals surface area contributed by atoms with Crippen molar-refractivity contribution in [2.45, 2.75) is 32.7 Å². The largest absolute Gasteiger partial charge is 0.370 e. The number of hydrogen-bond acceptors (Lipinski definition) is 3. The van der Waals surface area contributed by atoms with Gasteiger partial charge < -0.3 is 11.1 Å². The summed E-state index contributed by atoms with van der Waals surface area (Å²) in [6.07, 6.45) is 2.23. The minimum absolute atomic E-state index is 0.238. The fourth-order valence-electron chi connectivity index (χ4n) is 1.74. The summed E-state index contributed by atoms with van der Waals surface area (Å²) >= 11 is 0. The molecule has 18 heavy (non-hydrogen) atoms. The van der Waals surface area contributed by atoms with Crippen LogP contribution in [0.4, 0.5) is 0 Å². The average Bonchev–Trinajstić information content (AvgIpc) is 2.34. The molecule has 0 radical (unpaired) electrons. The summed E-state index contributed by atoms with van der Waals surface area (Å²) in [7, 11) is 0. The molecular formula is C14H19N3O. The summed E-state index contributed by atoms with van der Waals surface area (Å²) in [5.41, 5.74) is 8.07. The van der Waals surface area contributed by atoms with Crippen LogP contribution in [0.15, 0.2) is 18.2 Å². The molecule has 0 spiro atoms. The molecule has 0 saturated carbocycles. The van der Waals surface area contributed by atoms with Gasteiger partial charge in [-0.15, -0.1) is 0 Å². The normalized spacial score (nSPS) is 10.0. The SMILES string of the molecule is Cc1cc(C#N)ccc1CNCCCCC(N)=O. The number of carbonyl (C=O) groups is 1. The zero-order chi connectivity index (χ0) is 13.4. The predicted molar refractivity (Wildman–Crippen MR) is 70.6 cm³/mol. The molecule has 1 aromatic carbocycles. The van der Waals surface area contributed by atoms with Crippen LogP contribution in [0.25, 0.3) is 0 Å². The quantitative estimate of drug-likeness (QED) is 0.716. The summed E-state index contributed by atoms with van der Waals surface area (Å²) in [5, 5.41) is 12.1. The van der Waals surface area contributed by atoms with Crippen LogP contribution in [0.1, 0.15) is 36.0 Å². The third-order valence-corrected chi connectivity index (χ3v) is 2.81. The van der Waals surface area contributed by atoms with Gasteiger partial charge in [0.1, 0.15) is 0 Å². The van der Waals surface area contributed by atoms with Crippen LogP contribution in [0.5, 0.6) is 0 Å². The number of nitrogens with one attached hydrogen (secondary N) is 1. The van der Waals surface area contributed by atoms with Gasteiger partial charge in [0.15, 0.2) is 0 Å². The molecular weight excluding hydrogens is 226 g/mol. The molecule has 1 amide bonds. The Labute approximate surface area is 108 Å². The number of rotatable bonds is 7. The Kier molecular flexibility index (Phi) is 5.89. The summed E-state index contributed by atoms with van der Waals surface area (Å²) in [4.78, 5) is 10.5. The molecule has 4 heteroatoms. The van der Waals surface area contributed by atoms with Crippen LogP contribution >= 0.6 is 0 Å². The van der Waals surface area contributed by atoms with Crippen molar-refractivity contribution in [3.8, 4) is 6.07 Å². The van der Waals surface area contributed by atoms with Crippen LogP contribution in [0, 0.1) is 18.3 Å². The highest BCUT2D eigenvalue weighted by Gasteiger charge is 2.00. The van der Waals surface area contributed by atoms with Crippen molar-refractivity contribution in [3.63, 3.8) is 0 Å². The maximum atomic E-state index is 10.5. The number of nitrogens with two attached hydrogens (primary N) is 1. The van der Waals surface area contributed by atoms with Gasteiger partial charge in [-0.25, -0.2) is 0 Å². The third-order valence-electron chi connectivity index (χ3n) is 2.81. The molecule has 0 atom stereocenters. The Balaban J connectivity index is 2.27. The van der Waals surface area contributed by atoms with Gasteiger partial charge in [-0.05, 0) is 49.6 Å². The standard InChI is InChI=1S/C14H19N3O/c1-11-8-12(9-15)5-6-13(11)10-17-7-3-2-4-14(16)18/h5-6,8,17H,2-4,7,10H2,1H3,(H2,16,18). The number of amides is 1. The zero-order valence-corrected chi connectivity index (χ0v) is 10.7. The molecule has 0 unspecified atom stereocenters. The number of primary amides is 1. The first-order chi connectivity index (χ1) is 8.63. The van der Waals surface area contributed by atoms with Gasteiger partial charge in [-0.1, -0.05) is 6.07 Å². The lowest BCUT2D eigenvalue weighted by atomic mass is 10.1. The van der Waals surface area contributed by atoms with Crippen LogP contribution in [-0.4, -0.2) is 12.5 Å². The molecule has 0 bridgehead atoms. The topological polar surface area (TPSA) is 78.9 Å². The predicted octanol–water partition coefficient (Wildman–Crippen LogP) is 1.61. The first kappa shape index (κ1) is 14.2. The Morgan fingerprint density at radius 3 is 2.83 bits per heavy atom. The number of nitrogens with zero attached hydrogens (tertiary/aromatic N) is 1. The maximum Gasteiger partial charge on any atom is 0.217 e. The molecule has 1 aromatic rings. The van der Waals surface area contributed by atoms with Crippen molar-refractivity contribution >= 4 is 5.91 Å². The van der Waals surface area contributed by atoms with Gasteiger partial charge >= 0.3 is 0 Å². The number of nitriles is 1. The highest BCUT2D eigenvalue weighted by Crippen LogP contribution is 2.10. The monoisotopic (exact) mass is 245 g/mol. The van der Waals surface area contributed by atoms with Crippen LogP contribution in [0.2, 0.25) is 0 Å². The second-order valence-electron chi connectivity index (χ2n) is 4.35. The summed E-state index contributed by atoms with van der Waals surface area (Å²) < 4.78 is 0. The molecule has 96 valence electrons. The van der Waals surface area contributed by atoms with Gasteiger partial charge in [-0.3, -0.25) is 4.79 Å². The molecule has 0 saturated heterocycles. The van der Waals surface area contributed by atoms with E-state index in [1.54, 1.807) is 0 Å². The average molecular weight is 245 g/mol. The third kappa shape index (κ3) is 4.98. The molecule has 1 rings (SSSR count). The highest BCUT2D eigenvalue weighted by atomic mass is 16.1. The van der Waals surface area contributed by atoms with E-state index in [4.69, 9.17) is 11.0 Å².